The summed E-state index contributed by atoms with van der Waals surface area (Å²) in [4.78, 5) is 15.6. The van der Waals surface area contributed by atoms with E-state index in [0.29, 0.717) is 17.3 Å². The van der Waals surface area contributed by atoms with Crippen LogP contribution in [0.5, 0.6) is 0 Å². The van der Waals surface area contributed by atoms with Crippen molar-refractivity contribution in [1.29, 1.82) is 0 Å². The topological polar surface area (TPSA) is 62.2 Å². The molecule has 1 aromatic heterocycles. The fourth-order valence-corrected chi connectivity index (χ4v) is 4.17. The van der Waals surface area contributed by atoms with Gasteiger partial charge in [0.2, 0.25) is 0 Å². The lowest BCUT2D eigenvalue weighted by Crippen LogP contribution is -2.31. The molecule has 2 N–H and O–H groups in total. The van der Waals surface area contributed by atoms with Gasteiger partial charge in [-0.05, 0) is 62.5 Å². The van der Waals surface area contributed by atoms with Gasteiger partial charge >= 0.3 is 5.97 Å². The van der Waals surface area contributed by atoms with E-state index in [1.807, 2.05) is 6.92 Å². The van der Waals surface area contributed by atoms with Gasteiger partial charge in [0.15, 0.2) is 0 Å². The number of hydrogen-bond acceptors (Lipinski definition) is 3. The molecule has 4 nitrogen and oxygen atoms in total. The van der Waals surface area contributed by atoms with Crippen LogP contribution in [0.15, 0.2) is 12.3 Å². The fraction of sp³-hybridized carbons (Fsp3) is 0.625. The van der Waals surface area contributed by atoms with Crippen LogP contribution in [0.1, 0.15) is 48.5 Å². The Morgan fingerprint density at radius 2 is 2.25 bits per heavy atom. The average Bonchev–Trinajstić information content (AvgIpc) is 3.00. The Balaban J connectivity index is 1.78. The first-order valence-corrected chi connectivity index (χ1v) is 7.51. The van der Waals surface area contributed by atoms with Crippen molar-refractivity contribution in [3.63, 3.8) is 0 Å². The number of carbonyl (C=O) groups is 1. The van der Waals surface area contributed by atoms with Crippen LogP contribution in [0, 0.1) is 24.7 Å². The number of rotatable bonds is 4. The molecule has 0 saturated heterocycles. The van der Waals surface area contributed by atoms with Gasteiger partial charge in [0.25, 0.3) is 0 Å². The van der Waals surface area contributed by atoms with Crippen molar-refractivity contribution in [2.75, 3.05) is 5.32 Å². The van der Waals surface area contributed by atoms with E-state index in [9.17, 15) is 9.90 Å². The summed E-state index contributed by atoms with van der Waals surface area (Å²) in [5.41, 5.74) is 1.07. The molecular formula is C16H22N2O2. The van der Waals surface area contributed by atoms with Crippen molar-refractivity contribution < 1.29 is 9.90 Å². The number of pyridine rings is 1. The minimum Gasteiger partial charge on any atom is -0.478 e. The highest BCUT2D eigenvalue weighted by Crippen LogP contribution is 2.49. The van der Waals surface area contributed by atoms with Crippen molar-refractivity contribution in [2.24, 2.45) is 17.8 Å². The van der Waals surface area contributed by atoms with Crippen molar-refractivity contribution >= 4 is 11.8 Å². The summed E-state index contributed by atoms with van der Waals surface area (Å²) < 4.78 is 0. The summed E-state index contributed by atoms with van der Waals surface area (Å²) in [6.07, 6.45) is 7.06. The Morgan fingerprint density at radius 1 is 1.45 bits per heavy atom. The number of nitrogens with one attached hydrogen (secondary N) is 1. The zero-order valence-electron chi connectivity index (χ0n) is 12.1. The molecule has 0 aliphatic heterocycles. The average molecular weight is 274 g/mol. The minimum atomic E-state index is -0.904. The van der Waals surface area contributed by atoms with Crippen LogP contribution in [0.2, 0.25) is 0 Å². The van der Waals surface area contributed by atoms with Crippen molar-refractivity contribution in [2.45, 2.75) is 45.6 Å². The van der Waals surface area contributed by atoms with E-state index in [4.69, 9.17) is 0 Å². The summed E-state index contributed by atoms with van der Waals surface area (Å²) in [6.45, 7) is 3.99. The first-order chi connectivity index (χ1) is 9.56. The molecule has 4 atom stereocenters. The van der Waals surface area contributed by atoms with Gasteiger partial charge in [0, 0.05) is 12.2 Å². The van der Waals surface area contributed by atoms with E-state index in [1.54, 1.807) is 12.3 Å². The smallest absolute Gasteiger partial charge is 0.339 e. The number of aryl methyl sites for hydroxylation is 1. The van der Waals surface area contributed by atoms with Gasteiger partial charge in [-0.25, -0.2) is 9.78 Å². The lowest BCUT2D eigenvalue weighted by atomic mass is 9.84. The number of fused-ring (bicyclic) bond motifs is 2. The second-order valence-corrected chi connectivity index (χ2v) is 6.43. The molecular weight excluding hydrogens is 252 g/mol. The second-order valence-electron chi connectivity index (χ2n) is 6.43. The number of aromatic carboxylic acids is 1. The Morgan fingerprint density at radius 3 is 2.85 bits per heavy atom. The molecule has 3 rings (SSSR count). The maximum absolute atomic E-state index is 11.4. The Bertz CT molecular complexity index is 529. The minimum absolute atomic E-state index is 0.290. The molecule has 1 heterocycles. The first-order valence-electron chi connectivity index (χ1n) is 7.51. The maximum Gasteiger partial charge on any atom is 0.339 e. The molecule has 0 amide bonds. The van der Waals surface area contributed by atoms with Crippen LogP contribution in [0.4, 0.5) is 5.82 Å². The first kappa shape index (κ1) is 13.4. The lowest BCUT2D eigenvalue weighted by molar-refractivity contribution is 0.0696. The van der Waals surface area contributed by atoms with Crippen LogP contribution < -0.4 is 5.32 Å². The predicted molar refractivity (Wildman–Crippen MR) is 78.0 cm³/mol. The van der Waals surface area contributed by atoms with Crippen LogP contribution in [0.25, 0.3) is 0 Å². The number of nitrogens with zero attached hydrogens (tertiary/aromatic N) is 1. The van der Waals surface area contributed by atoms with Gasteiger partial charge in [-0.15, -0.1) is 0 Å². The molecule has 2 aliphatic carbocycles. The quantitative estimate of drug-likeness (QED) is 0.884. The van der Waals surface area contributed by atoms with Crippen molar-refractivity contribution in [3.8, 4) is 0 Å². The molecule has 4 heteroatoms. The van der Waals surface area contributed by atoms with Gasteiger partial charge in [-0.2, -0.15) is 0 Å². The van der Waals surface area contributed by atoms with Crippen LogP contribution in [0.3, 0.4) is 0 Å². The van der Waals surface area contributed by atoms with E-state index >= 15 is 0 Å². The standard InChI is InChI=1S/C16H22N2O2/c1-9-5-6-17-15(14(9)16(19)20)18-10(2)13-8-11-3-4-12(13)7-11/h5-6,10-13H,3-4,7-8H2,1-2H3,(H,17,18)(H,19,20). The van der Waals surface area contributed by atoms with Gasteiger partial charge in [0.1, 0.15) is 11.4 Å². The number of carboxylic acids is 1. The highest BCUT2D eigenvalue weighted by Gasteiger charge is 2.42. The van der Waals surface area contributed by atoms with E-state index in [-0.39, 0.29) is 6.04 Å². The summed E-state index contributed by atoms with van der Waals surface area (Å²) in [5, 5.41) is 12.7. The largest absolute Gasteiger partial charge is 0.478 e. The SMILES string of the molecule is Cc1ccnc(NC(C)C2CC3CCC2C3)c1C(=O)O. The molecule has 108 valence electrons. The molecule has 2 saturated carbocycles. The summed E-state index contributed by atoms with van der Waals surface area (Å²) in [6, 6.07) is 2.04. The highest BCUT2D eigenvalue weighted by atomic mass is 16.4. The normalized spacial score (nSPS) is 29.4. The fourth-order valence-electron chi connectivity index (χ4n) is 4.17. The highest BCUT2D eigenvalue weighted by molar-refractivity contribution is 5.94. The second kappa shape index (κ2) is 5.08. The van der Waals surface area contributed by atoms with Gasteiger partial charge in [-0.1, -0.05) is 6.42 Å². The Kier molecular flexibility index (Phi) is 3.40. The molecule has 0 radical (unpaired) electrons. The van der Waals surface area contributed by atoms with E-state index in [0.717, 1.165) is 17.4 Å². The zero-order chi connectivity index (χ0) is 14.3. The third-order valence-corrected chi connectivity index (χ3v) is 5.17. The van der Waals surface area contributed by atoms with Crippen molar-refractivity contribution in [1.82, 2.24) is 4.98 Å². The Labute approximate surface area is 119 Å². The maximum atomic E-state index is 11.4. The molecule has 0 aromatic carbocycles. The van der Waals surface area contributed by atoms with E-state index in [1.165, 1.54) is 25.7 Å². The molecule has 2 aliphatic rings. The number of anilines is 1. The summed E-state index contributed by atoms with van der Waals surface area (Å²) in [7, 11) is 0. The molecule has 1 aromatic rings. The molecule has 4 unspecified atom stereocenters. The number of aromatic nitrogens is 1. The van der Waals surface area contributed by atoms with Crippen molar-refractivity contribution in [3.05, 3.63) is 23.4 Å². The molecule has 0 spiro atoms. The Hall–Kier alpha value is -1.58. The molecule has 20 heavy (non-hydrogen) atoms. The van der Waals surface area contributed by atoms with Gasteiger partial charge in [-0.3, -0.25) is 0 Å². The zero-order valence-corrected chi connectivity index (χ0v) is 12.1. The third kappa shape index (κ3) is 2.28. The lowest BCUT2D eigenvalue weighted by Gasteiger charge is -2.29. The van der Waals surface area contributed by atoms with Gasteiger partial charge in [0.05, 0.1) is 0 Å². The monoisotopic (exact) mass is 274 g/mol. The van der Waals surface area contributed by atoms with Crippen LogP contribution in [-0.4, -0.2) is 22.1 Å². The van der Waals surface area contributed by atoms with E-state index in [2.05, 4.69) is 17.2 Å². The van der Waals surface area contributed by atoms with Crippen LogP contribution in [-0.2, 0) is 0 Å². The summed E-state index contributed by atoms with van der Waals surface area (Å²) in [5.74, 6) is 2.00. The van der Waals surface area contributed by atoms with Gasteiger partial charge < -0.3 is 10.4 Å². The van der Waals surface area contributed by atoms with Crippen LogP contribution >= 0.6 is 0 Å². The summed E-state index contributed by atoms with van der Waals surface area (Å²) >= 11 is 0. The molecule has 2 fully saturated rings. The predicted octanol–water partition coefficient (Wildman–Crippen LogP) is 3.32. The van der Waals surface area contributed by atoms with E-state index < -0.39 is 5.97 Å². The third-order valence-electron chi connectivity index (χ3n) is 5.17. The molecule has 2 bridgehead atoms. The number of hydrogen-bond donors (Lipinski definition) is 2. The number of carboxylic acid groups (broad SMARTS) is 1.